The predicted molar refractivity (Wildman–Crippen MR) is 78.6 cm³/mol. The monoisotopic (exact) mass is 349 g/mol. The lowest BCUT2D eigenvalue weighted by Gasteiger charge is -2.09. The third kappa shape index (κ3) is 4.07. The zero-order valence-corrected chi connectivity index (χ0v) is 12.8. The second-order valence-electron chi connectivity index (χ2n) is 4.16. The Labute approximate surface area is 131 Å². The summed E-state index contributed by atoms with van der Waals surface area (Å²) in [4.78, 5) is -0.326. The third-order valence-electron chi connectivity index (χ3n) is 2.62. The van der Waals surface area contributed by atoms with Crippen molar-refractivity contribution < 1.29 is 17.5 Å². The summed E-state index contributed by atoms with van der Waals surface area (Å²) in [6, 6.07) is 7.96. The minimum absolute atomic E-state index is 0.00889. The number of primary sulfonamides is 1. The van der Waals surface area contributed by atoms with Gasteiger partial charge in [-0.2, -0.15) is 0 Å². The second kappa shape index (κ2) is 6.19. The average molecular weight is 350 g/mol. The molecule has 0 saturated carbocycles. The number of sulfonamides is 1. The largest absolute Gasteiger partial charge is 0.486 e. The van der Waals surface area contributed by atoms with Gasteiger partial charge in [0.15, 0.2) is 11.6 Å². The van der Waals surface area contributed by atoms with E-state index in [1.54, 1.807) is 18.2 Å². The molecular weight excluding hydrogens is 340 g/mol. The lowest BCUT2D eigenvalue weighted by atomic mass is 10.2. The van der Waals surface area contributed by atoms with E-state index < -0.39 is 15.8 Å². The van der Waals surface area contributed by atoms with Gasteiger partial charge in [-0.05, 0) is 36.4 Å². The Morgan fingerprint density at radius 3 is 2.48 bits per heavy atom. The molecule has 0 radical (unpaired) electrons. The molecule has 0 aliphatic rings. The summed E-state index contributed by atoms with van der Waals surface area (Å²) in [6.07, 6.45) is 0. The van der Waals surface area contributed by atoms with Crippen LogP contribution in [0.1, 0.15) is 5.56 Å². The summed E-state index contributed by atoms with van der Waals surface area (Å²) in [6.45, 7) is -0.00889. The smallest absolute Gasteiger partial charge is 0.238 e. The van der Waals surface area contributed by atoms with Crippen molar-refractivity contribution in [2.24, 2.45) is 5.14 Å². The molecule has 0 amide bonds. The topological polar surface area (TPSA) is 69.4 Å². The number of ether oxygens (including phenoxy) is 1. The van der Waals surface area contributed by atoms with E-state index in [1.165, 1.54) is 6.07 Å². The summed E-state index contributed by atoms with van der Waals surface area (Å²) in [5.74, 6) is -0.946. The summed E-state index contributed by atoms with van der Waals surface area (Å²) in [5, 5.41) is 5.82. The fourth-order valence-corrected chi connectivity index (χ4v) is 2.48. The van der Waals surface area contributed by atoms with Gasteiger partial charge in [-0.15, -0.1) is 0 Å². The number of hydrogen-bond acceptors (Lipinski definition) is 3. The lowest BCUT2D eigenvalue weighted by Crippen LogP contribution is -2.12. The molecule has 0 bridgehead atoms. The van der Waals surface area contributed by atoms with Crippen molar-refractivity contribution in [2.75, 3.05) is 0 Å². The fourth-order valence-electron chi connectivity index (χ4n) is 1.59. The Kier molecular flexibility index (Phi) is 4.73. The van der Waals surface area contributed by atoms with Crippen LogP contribution >= 0.6 is 23.2 Å². The highest BCUT2D eigenvalue weighted by atomic mass is 35.5. The Balaban J connectivity index is 2.19. The summed E-state index contributed by atoms with van der Waals surface area (Å²) in [7, 11) is -3.96. The van der Waals surface area contributed by atoms with E-state index in [-0.39, 0.29) is 17.3 Å². The first-order valence-corrected chi connectivity index (χ1v) is 7.96. The van der Waals surface area contributed by atoms with Crippen LogP contribution in [0.4, 0.5) is 4.39 Å². The lowest BCUT2D eigenvalue weighted by molar-refractivity contribution is 0.290. The van der Waals surface area contributed by atoms with Crippen molar-refractivity contribution in [1.29, 1.82) is 0 Å². The van der Waals surface area contributed by atoms with Crippen molar-refractivity contribution in [3.8, 4) is 5.75 Å². The molecule has 0 aromatic heterocycles. The average Bonchev–Trinajstić information content (AvgIpc) is 2.40. The number of halogens is 3. The van der Waals surface area contributed by atoms with Crippen LogP contribution in [-0.4, -0.2) is 8.42 Å². The van der Waals surface area contributed by atoms with Crippen molar-refractivity contribution in [3.63, 3.8) is 0 Å². The quantitative estimate of drug-likeness (QED) is 0.919. The van der Waals surface area contributed by atoms with Gasteiger partial charge in [-0.25, -0.2) is 17.9 Å². The summed E-state index contributed by atoms with van der Waals surface area (Å²) >= 11 is 11.8. The van der Waals surface area contributed by atoms with E-state index >= 15 is 0 Å². The van der Waals surface area contributed by atoms with Gasteiger partial charge in [0.25, 0.3) is 0 Å². The molecule has 2 aromatic carbocycles. The Hall–Kier alpha value is -1.34. The second-order valence-corrected chi connectivity index (χ2v) is 6.57. The van der Waals surface area contributed by atoms with Gasteiger partial charge in [0.2, 0.25) is 10.0 Å². The van der Waals surface area contributed by atoms with Crippen LogP contribution in [0.25, 0.3) is 0 Å². The van der Waals surface area contributed by atoms with Gasteiger partial charge in [-0.1, -0.05) is 23.2 Å². The van der Waals surface area contributed by atoms with Crippen LogP contribution in [0.5, 0.6) is 5.75 Å². The molecule has 21 heavy (non-hydrogen) atoms. The van der Waals surface area contributed by atoms with E-state index in [9.17, 15) is 12.8 Å². The van der Waals surface area contributed by atoms with Crippen molar-refractivity contribution in [3.05, 3.63) is 57.8 Å². The zero-order valence-electron chi connectivity index (χ0n) is 10.5. The standard InChI is InChI=1S/C13H10Cl2FNO3S/c14-9-1-3-11(15)8(5-9)7-20-13-4-2-10(6-12(13)16)21(17,18)19/h1-6H,7H2,(H2,17,18,19). The molecule has 8 heteroatoms. The fraction of sp³-hybridized carbons (Fsp3) is 0.0769. The molecule has 0 aliphatic carbocycles. The predicted octanol–water partition coefficient (Wildman–Crippen LogP) is 3.36. The molecule has 0 aliphatic heterocycles. The maximum atomic E-state index is 13.8. The highest BCUT2D eigenvalue weighted by molar-refractivity contribution is 7.89. The van der Waals surface area contributed by atoms with E-state index in [0.717, 1.165) is 12.1 Å². The van der Waals surface area contributed by atoms with E-state index in [4.69, 9.17) is 33.1 Å². The van der Waals surface area contributed by atoms with Gasteiger partial charge in [0.05, 0.1) is 4.90 Å². The first-order chi connectivity index (χ1) is 9.77. The van der Waals surface area contributed by atoms with Gasteiger partial charge in [0.1, 0.15) is 6.61 Å². The molecule has 0 fully saturated rings. The van der Waals surface area contributed by atoms with Crippen LogP contribution < -0.4 is 9.88 Å². The SMILES string of the molecule is NS(=O)(=O)c1ccc(OCc2cc(Cl)ccc2Cl)c(F)c1. The van der Waals surface area contributed by atoms with E-state index in [2.05, 4.69) is 0 Å². The summed E-state index contributed by atoms with van der Waals surface area (Å²) < 4.78 is 41.2. The molecule has 112 valence electrons. The van der Waals surface area contributed by atoms with Crippen molar-refractivity contribution in [2.45, 2.75) is 11.5 Å². The highest BCUT2D eigenvalue weighted by Gasteiger charge is 2.13. The zero-order chi connectivity index (χ0) is 15.6. The normalized spacial score (nSPS) is 11.4. The first kappa shape index (κ1) is 16.0. The molecule has 0 saturated heterocycles. The van der Waals surface area contributed by atoms with Gasteiger partial charge in [0, 0.05) is 15.6 Å². The molecule has 4 nitrogen and oxygen atoms in total. The van der Waals surface area contributed by atoms with Crippen LogP contribution in [0.3, 0.4) is 0 Å². The Morgan fingerprint density at radius 1 is 1.14 bits per heavy atom. The van der Waals surface area contributed by atoms with Crippen LogP contribution in [-0.2, 0) is 16.6 Å². The first-order valence-electron chi connectivity index (χ1n) is 5.66. The molecular formula is C13H10Cl2FNO3S. The molecule has 0 unspecified atom stereocenters. The maximum Gasteiger partial charge on any atom is 0.238 e. The molecule has 0 spiro atoms. The molecule has 0 atom stereocenters. The number of hydrogen-bond donors (Lipinski definition) is 1. The molecule has 0 heterocycles. The number of nitrogens with two attached hydrogens (primary N) is 1. The Morgan fingerprint density at radius 2 is 1.86 bits per heavy atom. The van der Waals surface area contributed by atoms with Crippen LogP contribution in [0.2, 0.25) is 10.0 Å². The van der Waals surface area contributed by atoms with Crippen LogP contribution in [0, 0.1) is 5.82 Å². The van der Waals surface area contributed by atoms with Crippen molar-refractivity contribution >= 4 is 33.2 Å². The maximum absolute atomic E-state index is 13.8. The number of benzene rings is 2. The molecule has 2 rings (SSSR count). The minimum atomic E-state index is -3.96. The molecule has 2 aromatic rings. The highest BCUT2D eigenvalue weighted by Crippen LogP contribution is 2.25. The van der Waals surface area contributed by atoms with Gasteiger partial charge in [-0.3, -0.25) is 0 Å². The molecule has 2 N–H and O–H groups in total. The third-order valence-corrected chi connectivity index (χ3v) is 4.14. The van der Waals surface area contributed by atoms with Crippen LogP contribution in [0.15, 0.2) is 41.3 Å². The Bertz CT molecular complexity index is 781. The van der Waals surface area contributed by atoms with E-state index in [1.807, 2.05) is 0 Å². The van der Waals surface area contributed by atoms with E-state index in [0.29, 0.717) is 15.6 Å². The van der Waals surface area contributed by atoms with Gasteiger partial charge < -0.3 is 4.74 Å². The van der Waals surface area contributed by atoms with Crippen molar-refractivity contribution in [1.82, 2.24) is 0 Å². The minimum Gasteiger partial charge on any atom is -0.486 e. The number of rotatable bonds is 4. The van der Waals surface area contributed by atoms with Gasteiger partial charge >= 0.3 is 0 Å². The summed E-state index contributed by atoms with van der Waals surface area (Å²) in [5.41, 5.74) is 0.582.